The van der Waals surface area contributed by atoms with Gasteiger partial charge in [-0.15, -0.1) is 11.3 Å². The van der Waals surface area contributed by atoms with Crippen LogP contribution in [0.2, 0.25) is 0 Å². The van der Waals surface area contributed by atoms with Crippen LogP contribution in [0.1, 0.15) is 33.5 Å². The van der Waals surface area contributed by atoms with Crippen molar-refractivity contribution in [2.75, 3.05) is 19.7 Å². The van der Waals surface area contributed by atoms with Crippen LogP contribution in [-0.2, 0) is 11.3 Å². The van der Waals surface area contributed by atoms with Crippen LogP contribution >= 0.6 is 11.3 Å². The van der Waals surface area contributed by atoms with E-state index in [-0.39, 0.29) is 0 Å². The third-order valence-corrected chi connectivity index (χ3v) is 4.38. The highest BCUT2D eigenvalue weighted by Gasteiger charge is 2.20. The number of carboxylic acids is 1. The van der Waals surface area contributed by atoms with Crippen LogP contribution in [-0.4, -0.2) is 41.8 Å². The Morgan fingerprint density at radius 3 is 3.06 bits per heavy atom. The highest BCUT2D eigenvalue weighted by atomic mass is 32.1. The molecule has 0 aromatic carbocycles. The zero-order valence-electron chi connectivity index (χ0n) is 10.8. The third-order valence-electron chi connectivity index (χ3n) is 3.30. The topological polar surface area (TPSA) is 49.8 Å². The lowest BCUT2D eigenvalue weighted by atomic mass is 10.2. The Labute approximate surface area is 111 Å². The predicted molar refractivity (Wildman–Crippen MR) is 71.3 cm³/mol. The van der Waals surface area contributed by atoms with Crippen LogP contribution < -0.4 is 0 Å². The van der Waals surface area contributed by atoms with E-state index in [0.29, 0.717) is 11.0 Å². The highest BCUT2D eigenvalue weighted by molar-refractivity contribution is 7.14. The maximum Gasteiger partial charge on any atom is 0.345 e. The van der Waals surface area contributed by atoms with Crippen LogP contribution in [0.15, 0.2) is 6.07 Å². The van der Waals surface area contributed by atoms with Crippen LogP contribution in [0.3, 0.4) is 0 Å². The average Bonchev–Trinajstić information content (AvgIpc) is 2.71. The van der Waals surface area contributed by atoms with Gasteiger partial charge in [0.1, 0.15) is 4.88 Å². The Hall–Kier alpha value is -0.910. The maximum atomic E-state index is 10.9. The highest BCUT2D eigenvalue weighted by Crippen LogP contribution is 2.23. The second kappa shape index (κ2) is 5.82. The quantitative estimate of drug-likeness (QED) is 0.911. The van der Waals surface area contributed by atoms with Crippen molar-refractivity contribution in [2.45, 2.75) is 32.9 Å². The number of morpholine rings is 1. The van der Waals surface area contributed by atoms with Gasteiger partial charge in [0.15, 0.2) is 0 Å². The summed E-state index contributed by atoms with van der Waals surface area (Å²) >= 11 is 1.36. The summed E-state index contributed by atoms with van der Waals surface area (Å²) in [4.78, 5) is 14.8. The fraction of sp³-hybridized carbons (Fsp3) is 0.615. The van der Waals surface area contributed by atoms with E-state index in [1.54, 1.807) is 6.07 Å². The Morgan fingerprint density at radius 2 is 2.44 bits per heavy atom. The van der Waals surface area contributed by atoms with Crippen LogP contribution in [0.5, 0.6) is 0 Å². The maximum absolute atomic E-state index is 10.9. The molecule has 2 rings (SSSR count). The van der Waals surface area contributed by atoms with Gasteiger partial charge in [0.25, 0.3) is 0 Å². The van der Waals surface area contributed by atoms with E-state index in [1.165, 1.54) is 11.3 Å². The molecule has 1 fully saturated rings. The summed E-state index contributed by atoms with van der Waals surface area (Å²) in [5.41, 5.74) is 1.13. The van der Waals surface area contributed by atoms with Crippen molar-refractivity contribution < 1.29 is 14.6 Å². The number of nitrogens with zero attached hydrogens (tertiary/aromatic N) is 1. The molecule has 1 unspecified atom stereocenters. The molecular weight excluding hydrogens is 250 g/mol. The first-order valence-corrected chi connectivity index (χ1v) is 7.08. The molecule has 100 valence electrons. The van der Waals surface area contributed by atoms with Gasteiger partial charge in [-0.25, -0.2) is 4.79 Å². The molecule has 0 amide bonds. The molecule has 0 radical (unpaired) electrons. The number of ether oxygens (including phenoxy) is 1. The zero-order chi connectivity index (χ0) is 13.1. The van der Waals surface area contributed by atoms with Crippen LogP contribution in [0.25, 0.3) is 0 Å². The molecule has 4 nitrogen and oxygen atoms in total. The van der Waals surface area contributed by atoms with Crippen molar-refractivity contribution in [1.82, 2.24) is 4.90 Å². The lowest BCUT2D eigenvalue weighted by molar-refractivity contribution is -0.0324. The molecule has 2 heterocycles. The number of hydrogen-bond donors (Lipinski definition) is 1. The second-order valence-corrected chi connectivity index (χ2v) is 5.89. The molecule has 1 aliphatic rings. The summed E-state index contributed by atoms with van der Waals surface area (Å²) in [6.07, 6.45) is 1.34. The van der Waals surface area contributed by atoms with Crippen LogP contribution in [0.4, 0.5) is 0 Å². The van der Waals surface area contributed by atoms with Gasteiger partial charge in [-0.05, 0) is 25.0 Å². The largest absolute Gasteiger partial charge is 0.477 e. The molecule has 1 aromatic heterocycles. The van der Waals surface area contributed by atoms with Crippen molar-refractivity contribution in [2.24, 2.45) is 0 Å². The molecule has 1 N–H and O–H groups in total. The molecule has 0 aliphatic carbocycles. The Balaban J connectivity index is 2.02. The minimum Gasteiger partial charge on any atom is -0.477 e. The molecule has 0 saturated carbocycles. The van der Waals surface area contributed by atoms with E-state index >= 15 is 0 Å². The molecule has 18 heavy (non-hydrogen) atoms. The molecule has 1 aliphatic heterocycles. The first-order chi connectivity index (χ1) is 8.60. The van der Waals surface area contributed by atoms with E-state index in [4.69, 9.17) is 9.84 Å². The average molecular weight is 269 g/mol. The van der Waals surface area contributed by atoms with Gasteiger partial charge in [0.05, 0.1) is 12.7 Å². The lowest BCUT2D eigenvalue weighted by Crippen LogP contribution is -2.41. The van der Waals surface area contributed by atoms with Crippen molar-refractivity contribution >= 4 is 17.3 Å². The van der Waals surface area contributed by atoms with Gasteiger partial charge in [-0.1, -0.05) is 6.92 Å². The van der Waals surface area contributed by atoms with Gasteiger partial charge in [0, 0.05) is 24.5 Å². The number of hydrogen-bond acceptors (Lipinski definition) is 4. The third kappa shape index (κ3) is 3.10. The lowest BCUT2D eigenvalue weighted by Gasteiger charge is -2.32. The molecule has 1 aromatic rings. The summed E-state index contributed by atoms with van der Waals surface area (Å²) in [6, 6.07) is 1.80. The standard InChI is InChI=1S/C13H19NO3S/c1-3-11-8-14(4-5-17-11)7-10-6-12(13(15)16)18-9(10)2/h6,11H,3-5,7-8H2,1-2H3,(H,15,16). The summed E-state index contributed by atoms with van der Waals surface area (Å²) in [5, 5.41) is 8.99. The van der Waals surface area contributed by atoms with E-state index in [0.717, 1.165) is 43.1 Å². The van der Waals surface area contributed by atoms with E-state index in [1.807, 2.05) is 6.92 Å². The number of carbonyl (C=O) groups is 1. The number of carboxylic acid groups (broad SMARTS) is 1. The van der Waals surface area contributed by atoms with Gasteiger partial charge < -0.3 is 9.84 Å². The van der Waals surface area contributed by atoms with Gasteiger partial charge in [-0.3, -0.25) is 4.90 Å². The fourth-order valence-corrected chi connectivity index (χ4v) is 3.07. The molecule has 1 saturated heterocycles. The second-order valence-electron chi connectivity index (χ2n) is 4.63. The van der Waals surface area contributed by atoms with Crippen molar-refractivity contribution in [1.29, 1.82) is 0 Å². The van der Waals surface area contributed by atoms with Gasteiger partial charge >= 0.3 is 5.97 Å². The monoisotopic (exact) mass is 269 g/mol. The molecule has 5 heteroatoms. The molecule has 0 spiro atoms. The SMILES string of the molecule is CCC1CN(Cc2cc(C(=O)O)sc2C)CCO1. The minimum atomic E-state index is -0.831. The molecule has 0 bridgehead atoms. The van der Waals surface area contributed by atoms with Crippen molar-refractivity contribution in [3.63, 3.8) is 0 Å². The normalized spacial score (nSPS) is 21.1. The van der Waals surface area contributed by atoms with E-state index in [9.17, 15) is 4.79 Å². The minimum absolute atomic E-state index is 0.316. The van der Waals surface area contributed by atoms with Crippen molar-refractivity contribution in [3.05, 3.63) is 21.4 Å². The summed E-state index contributed by atoms with van der Waals surface area (Å²) in [5.74, 6) is -0.831. The molecule has 1 atom stereocenters. The summed E-state index contributed by atoms with van der Waals surface area (Å²) in [6.45, 7) is 7.59. The van der Waals surface area contributed by atoms with Crippen molar-refractivity contribution in [3.8, 4) is 0 Å². The van der Waals surface area contributed by atoms with Gasteiger partial charge in [0.2, 0.25) is 0 Å². The number of aromatic carboxylic acids is 1. The molecular formula is C13H19NO3S. The Kier molecular flexibility index (Phi) is 4.37. The Bertz CT molecular complexity index is 430. The van der Waals surface area contributed by atoms with Gasteiger partial charge in [-0.2, -0.15) is 0 Å². The number of rotatable bonds is 4. The van der Waals surface area contributed by atoms with E-state index < -0.39 is 5.97 Å². The first kappa shape index (κ1) is 13.5. The number of thiophene rings is 1. The fourth-order valence-electron chi connectivity index (χ4n) is 2.19. The Morgan fingerprint density at radius 1 is 1.67 bits per heavy atom. The predicted octanol–water partition coefficient (Wildman–Crippen LogP) is 2.37. The van der Waals surface area contributed by atoms with Crippen LogP contribution in [0, 0.1) is 6.92 Å². The smallest absolute Gasteiger partial charge is 0.345 e. The summed E-state index contributed by atoms with van der Waals surface area (Å²) in [7, 11) is 0. The zero-order valence-corrected chi connectivity index (χ0v) is 11.6. The van der Waals surface area contributed by atoms with E-state index in [2.05, 4.69) is 11.8 Å². The number of aryl methyl sites for hydroxylation is 1. The summed E-state index contributed by atoms with van der Waals surface area (Å²) < 4.78 is 5.64. The first-order valence-electron chi connectivity index (χ1n) is 6.26.